The van der Waals surface area contributed by atoms with Crippen molar-refractivity contribution < 1.29 is 118 Å². The van der Waals surface area contributed by atoms with Crippen molar-refractivity contribution >= 4 is 94.1 Å². The summed E-state index contributed by atoms with van der Waals surface area (Å²) in [6, 6.07) is 5.77. The number of nitrogens with one attached hydrogen (secondary N) is 2. The van der Waals surface area contributed by atoms with E-state index in [2.05, 4.69) is 48.5 Å². The molecule has 1 aromatic carbocycles. The second kappa shape index (κ2) is 25.9. The standard InChI is InChI=1S/C44H59N17O27P4/c1-44(2,3)31(17-8-6-7-9-18(17)61(67)68)79-16-78-29-26(63)20(84-39(29)60-15-57(4)24-35(60)54-43(48)56-37(24)66)11-81-90(71,72)87-92(75,76)88-91(73,74)82-12-21-28(30(77-5)40(85-21)59-13-49-22-32(45)51-41(46)52-33(22)59)86-89(69,70)80-10-19-25(62)27(64)38(83-19)58-14-50-23-34(58)53-42(47)55-36(23)65/h6-9,13-15,19-21,25-31,38-40,62-64H,10-12,16H2,1-5H3,(H13-,45,46,47,48,51,52,53,54,55,56,65,66,69,70,71,72,73,74,75,76)/p+1/t19-,20-,21-,25+,26+,27?,28+,29?,30?,31?,38-,39-,40-/m1/s1. The first kappa shape index (κ1) is 68.1. The first-order valence-electron chi connectivity index (χ1n) is 26.7. The van der Waals surface area contributed by atoms with E-state index in [1.807, 2.05) is 0 Å². The number of nitrogen functional groups attached to an aromatic ring is 4. The van der Waals surface area contributed by atoms with Gasteiger partial charge in [0.1, 0.15) is 67.2 Å². The molecule has 3 aliphatic heterocycles. The van der Waals surface area contributed by atoms with Crippen LogP contribution in [0.2, 0.25) is 0 Å². The number of nitrogens with two attached hydrogens (primary N) is 4. The number of aromatic nitrogens is 12. The molecule has 0 bridgehead atoms. The zero-order valence-corrected chi connectivity index (χ0v) is 51.8. The van der Waals surface area contributed by atoms with Crippen LogP contribution in [0.5, 0.6) is 0 Å². The van der Waals surface area contributed by atoms with Gasteiger partial charge in [0, 0.05) is 13.2 Å². The summed E-state index contributed by atoms with van der Waals surface area (Å²) in [6.07, 6.45) is -18.2. The fourth-order valence-corrected chi connectivity index (χ4v) is 14.9. The molecular formula is C44H60N17O27P4+. The van der Waals surface area contributed by atoms with E-state index in [1.54, 1.807) is 26.8 Å². The molecule has 0 aliphatic carbocycles. The number of fused-ring (bicyclic) bond motifs is 3. The van der Waals surface area contributed by atoms with Gasteiger partial charge < -0.3 is 86.2 Å². The molecular weight excluding hydrogens is 1320 g/mol. The third kappa shape index (κ3) is 14.2. The predicted octanol–water partition coefficient (Wildman–Crippen LogP) is -1.43. The zero-order chi connectivity index (χ0) is 66.9. The van der Waals surface area contributed by atoms with Crippen molar-refractivity contribution in [1.29, 1.82) is 0 Å². The summed E-state index contributed by atoms with van der Waals surface area (Å²) in [5.41, 5.74) is 20.3. The van der Waals surface area contributed by atoms with Crippen LogP contribution in [-0.2, 0) is 80.4 Å². The predicted molar refractivity (Wildman–Crippen MR) is 304 cm³/mol. The number of aliphatic hydroxyl groups is 3. The third-order valence-electron chi connectivity index (χ3n) is 14.3. The van der Waals surface area contributed by atoms with Crippen molar-refractivity contribution in [3.63, 3.8) is 0 Å². The van der Waals surface area contributed by atoms with Gasteiger partial charge in [0.2, 0.25) is 23.6 Å². The lowest BCUT2D eigenvalue weighted by Crippen LogP contribution is -2.47. The van der Waals surface area contributed by atoms with Crippen molar-refractivity contribution in [3.05, 3.63) is 79.6 Å². The van der Waals surface area contributed by atoms with Gasteiger partial charge in [-0.1, -0.05) is 37.9 Å². The molecule has 502 valence electrons. The Balaban J connectivity index is 0.823. The van der Waals surface area contributed by atoms with E-state index in [4.69, 9.17) is 69.5 Å². The number of benzene rings is 1. The summed E-state index contributed by atoms with van der Waals surface area (Å²) in [6.45, 7) is 0.929. The van der Waals surface area contributed by atoms with Gasteiger partial charge >= 0.3 is 36.9 Å². The molecule has 10 rings (SSSR count). The summed E-state index contributed by atoms with van der Waals surface area (Å²) in [7, 11) is -21.4. The zero-order valence-electron chi connectivity index (χ0n) is 48.2. The third-order valence-corrected chi connectivity index (χ3v) is 19.5. The van der Waals surface area contributed by atoms with E-state index in [-0.39, 0.29) is 68.4 Å². The molecule has 0 saturated carbocycles. The smallest absolute Gasteiger partial charge is 0.387 e. The van der Waals surface area contributed by atoms with Crippen molar-refractivity contribution in [2.75, 3.05) is 56.7 Å². The summed E-state index contributed by atoms with van der Waals surface area (Å²) < 4.78 is 123. The maximum Gasteiger partial charge on any atom is 0.490 e. The Morgan fingerprint density at radius 1 is 0.728 bits per heavy atom. The number of phosphoric acid groups is 4. The fourth-order valence-electron chi connectivity index (χ4n) is 10.4. The van der Waals surface area contributed by atoms with Crippen LogP contribution < -0.4 is 38.6 Å². The van der Waals surface area contributed by atoms with Crippen LogP contribution in [0.4, 0.5) is 29.4 Å². The number of ether oxygens (including phenoxy) is 6. The lowest BCUT2D eigenvalue weighted by Gasteiger charge is -2.31. The van der Waals surface area contributed by atoms with Crippen LogP contribution in [-0.4, -0.2) is 182 Å². The first-order valence-corrected chi connectivity index (χ1v) is 32.6. The molecule has 0 amide bonds. The summed E-state index contributed by atoms with van der Waals surface area (Å²) in [5.74, 6) is -1.25. The molecule has 6 aromatic heterocycles. The molecule has 3 saturated heterocycles. The second-order valence-electron chi connectivity index (χ2n) is 21.7. The normalized spacial score (nSPS) is 27.5. The molecule has 3 aliphatic rings. The Labute approximate surface area is 513 Å². The number of nitrogens with zero attached hydrogens (tertiary/aromatic N) is 11. The number of aromatic amines is 2. The molecule has 92 heavy (non-hydrogen) atoms. The van der Waals surface area contributed by atoms with Crippen LogP contribution >= 0.6 is 31.3 Å². The van der Waals surface area contributed by atoms with Crippen LogP contribution in [0.25, 0.3) is 33.5 Å². The van der Waals surface area contributed by atoms with Gasteiger partial charge in [-0.3, -0.25) is 61.5 Å². The molecule has 3 fully saturated rings. The van der Waals surface area contributed by atoms with Crippen molar-refractivity contribution in [1.82, 2.24) is 53.6 Å². The van der Waals surface area contributed by atoms with Gasteiger partial charge in [-0.15, -0.1) is 0 Å². The summed E-state index contributed by atoms with van der Waals surface area (Å²) in [4.78, 5) is 109. The van der Waals surface area contributed by atoms with Crippen LogP contribution in [0, 0.1) is 15.5 Å². The Morgan fingerprint density at radius 2 is 1.30 bits per heavy atom. The fraction of sp³-hybridized carbons (Fsp3) is 0.523. The minimum Gasteiger partial charge on any atom is -0.387 e. The Bertz CT molecular complexity index is 4260. The first-order chi connectivity index (χ1) is 43.1. The molecule has 48 heteroatoms. The van der Waals surface area contributed by atoms with E-state index in [9.17, 15) is 72.9 Å². The van der Waals surface area contributed by atoms with Crippen molar-refractivity contribution in [2.24, 2.45) is 12.5 Å². The summed E-state index contributed by atoms with van der Waals surface area (Å²) >= 11 is 0. The number of nitro benzene ring substituents is 1. The van der Waals surface area contributed by atoms with E-state index < -0.39 is 159 Å². The van der Waals surface area contributed by atoms with Gasteiger partial charge in [0.25, 0.3) is 22.8 Å². The lowest BCUT2D eigenvalue weighted by atomic mass is 9.84. The Kier molecular flexibility index (Phi) is 19.1. The SMILES string of the molecule is COC1[C@@H](OP(=O)(O)OC[C@H]2O[C@@H](n3cnc4c(=O)[nH]c(N)nc43)C(O)[C@H]2O)[C@@H](COP(=O)(O)OP(=O)(O)OP(=O)(O)OC[C@H]2O[C@@H]([n+]3cn(C)c4c(=O)[nH]c(N)nc43)C(OCOC(c3ccccc3[N+](=O)[O-])C(C)(C)C)[C@H]2O)O[C@H]1n1cnc2c(N)nc(N)nc21. The maximum absolute atomic E-state index is 13.8. The van der Waals surface area contributed by atoms with Gasteiger partial charge in [-0.2, -0.15) is 23.6 Å². The van der Waals surface area contributed by atoms with Crippen LogP contribution in [0.1, 0.15) is 51.1 Å². The van der Waals surface area contributed by atoms with Crippen LogP contribution in [0.3, 0.4) is 0 Å². The maximum atomic E-state index is 13.8. The highest BCUT2D eigenvalue weighted by molar-refractivity contribution is 7.66. The quantitative estimate of drug-likeness (QED) is 0.0103. The molecule has 7 aromatic rings. The van der Waals surface area contributed by atoms with E-state index in [0.717, 1.165) is 28.9 Å². The Morgan fingerprint density at radius 3 is 1.96 bits per heavy atom. The number of methoxy groups -OCH3 is 1. The number of anilines is 4. The number of imidazole rings is 3. The van der Waals surface area contributed by atoms with Gasteiger partial charge in [-0.25, -0.2) is 32.8 Å². The van der Waals surface area contributed by atoms with E-state index >= 15 is 0 Å². The number of phosphoric ester groups is 3. The van der Waals surface area contributed by atoms with E-state index in [0.29, 0.717) is 0 Å². The largest absolute Gasteiger partial charge is 0.490 e. The lowest BCUT2D eigenvalue weighted by molar-refractivity contribution is -0.746. The monoisotopic (exact) mass is 1380 g/mol. The molecule has 0 radical (unpaired) electrons. The van der Waals surface area contributed by atoms with Crippen molar-refractivity contribution in [3.8, 4) is 0 Å². The van der Waals surface area contributed by atoms with Crippen molar-refractivity contribution in [2.45, 2.75) is 100 Å². The van der Waals surface area contributed by atoms with Crippen LogP contribution in [0.15, 0.2) is 52.8 Å². The molecule has 17 atom stereocenters. The topological polar surface area (TPSA) is 630 Å². The molecule has 44 nitrogen and oxygen atoms in total. The number of aryl methyl sites for hydroxylation is 1. The number of H-pyrrole nitrogens is 2. The van der Waals surface area contributed by atoms with Gasteiger partial charge in [0.15, 0.2) is 41.4 Å². The second-order valence-corrected chi connectivity index (χ2v) is 27.7. The number of para-hydroxylation sites is 1. The number of hydrogen-bond donors (Lipinski definition) is 13. The molecule has 8 unspecified atom stereocenters. The molecule has 17 N–H and O–H groups in total. The average molecular weight is 1380 g/mol. The summed E-state index contributed by atoms with van der Waals surface area (Å²) in [5, 5.41) is 45.6. The highest BCUT2D eigenvalue weighted by Crippen LogP contribution is 2.68. The minimum atomic E-state index is -6.33. The number of nitro groups is 1. The molecule has 0 spiro atoms. The minimum absolute atomic E-state index is 0.0438. The highest BCUT2D eigenvalue weighted by Gasteiger charge is 2.54. The average Bonchev–Trinajstić information content (AvgIpc) is 1.61. The van der Waals surface area contributed by atoms with Gasteiger partial charge in [-0.05, 0) is 11.5 Å². The number of rotatable bonds is 25. The molecule has 9 heterocycles. The highest BCUT2D eigenvalue weighted by atomic mass is 31.3. The number of hydrogen-bond acceptors (Lipinski definition) is 33. The van der Waals surface area contributed by atoms with E-state index in [1.165, 1.54) is 40.7 Å². The number of aliphatic hydroxyl groups excluding tert-OH is 3. The van der Waals surface area contributed by atoms with Gasteiger partial charge in [0.05, 0.1) is 56.1 Å². The Hall–Kier alpha value is -6.77.